The molecule has 5 aliphatic rings. The predicted molar refractivity (Wildman–Crippen MR) is 133 cm³/mol. The third-order valence-corrected chi connectivity index (χ3v) is 8.72. The lowest BCUT2D eigenvalue weighted by atomic mass is 9.54. The summed E-state index contributed by atoms with van der Waals surface area (Å²) >= 11 is 0. The van der Waals surface area contributed by atoms with Gasteiger partial charge in [-0.05, 0) is 39.0 Å². The molecule has 2 aliphatic carbocycles. The van der Waals surface area contributed by atoms with Crippen LogP contribution in [0.1, 0.15) is 51.9 Å². The average Bonchev–Trinajstić information content (AvgIpc) is 3.54. The molecule has 0 bridgehead atoms. The fourth-order valence-corrected chi connectivity index (χ4v) is 7.02. The molecule has 7 nitrogen and oxygen atoms in total. The van der Waals surface area contributed by atoms with Crippen molar-refractivity contribution in [2.24, 2.45) is 16.3 Å². The highest BCUT2D eigenvalue weighted by molar-refractivity contribution is 14.0. The fraction of sp³-hybridized carbons (Fsp3) is 0.913. The molecule has 176 valence electrons. The molecule has 0 aromatic heterocycles. The van der Waals surface area contributed by atoms with Gasteiger partial charge in [-0.15, -0.1) is 24.0 Å². The first-order valence-corrected chi connectivity index (χ1v) is 12.3. The number of rotatable bonds is 3. The summed E-state index contributed by atoms with van der Waals surface area (Å²) in [5, 5.41) is 3.89. The van der Waals surface area contributed by atoms with E-state index in [9.17, 15) is 4.79 Å². The summed E-state index contributed by atoms with van der Waals surface area (Å²) in [6.07, 6.45) is 9.25. The van der Waals surface area contributed by atoms with Gasteiger partial charge < -0.3 is 19.9 Å². The van der Waals surface area contributed by atoms with E-state index in [1.807, 2.05) is 7.05 Å². The summed E-state index contributed by atoms with van der Waals surface area (Å²) in [6.45, 7) is 8.60. The number of fused-ring (bicyclic) bond motifs is 2. The molecule has 1 amide bonds. The van der Waals surface area contributed by atoms with Gasteiger partial charge in [0.1, 0.15) is 0 Å². The van der Waals surface area contributed by atoms with Gasteiger partial charge in [0, 0.05) is 70.3 Å². The maximum atomic E-state index is 12.8. The number of hydrogen-bond acceptors (Lipinski definition) is 4. The Kier molecular flexibility index (Phi) is 7.38. The van der Waals surface area contributed by atoms with E-state index in [0.29, 0.717) is 29.4 Å². The monoisotopic (exact) mass is 545 g/mol. The third kappa shape index (κ3) is 4.09. The molecule has 3 heterocycles. The third-order valence-electron chi connectivity index (χ3n) is 8.72. The van der Waals surface area contributed by atoms with Gasteiger partial charge in [0.05, 0.1) is 12.1 Å². The zero-order valence-electron chi connectivity index (χ0n) is 19.2. The molecule has 31 heavy (non-hydrogen) atoms. The zero-order chi connectivity index (χ0) is 20.7. The molecule has 4 unspecified atom stereocenters. The van der Waals surface area contributed by atoms with E-state index in [2.05, 4.69) is 31.9 Å². The molecular weight excluding hydrogens is 505 g/mol. The quantitative estimate of drug-likeness (QED) is 0.335. The molecule has 2 saturated carbocycles. The number of nitrogens with one attached hydrogen (secondary N) is 1. The van der Waals surface area contributed by atoms with Gasteiger partial charge in [-0.3, -0.25) is 14.7 Å². The Labute approximate surface area is 204 Å². The number of carbonyl (C=O) groups excluding carboxylic acids is 1. The maximum Gasteiger partial charge on any atom is 0.239 e. The van der Waals surface area contributed by atoms with Crippen molar-refractivity contribution in [2.45, 2.75) is 70.1 Å². The molecule has 5 rings (SSSR count). The number of likely N-dealkylation sites (tertiary alicyclic amines) is 1. The Morgan fingerprint density at radius 2 is 1.71 bits per heavy atom. The first kappa shape index (κ1) is 23.5. The summed E-state index contributed by atoms with van der Waals surface area (Å²) in [7, 11) is 1.91. The molecule has 1 spiro atoms. The normalized spacial score (nSPS) is 33.7. The van der Waals surface area contributed by atoms with E-state index >= 15 is 0 Å². The molecule has 3 aliphatic heterocycles. The van der Waals surface area contributed by atoms with Crippen molar-refractivity contribution < 1.29 is 9.53 Å². The van der Waals surface area contributed by atoms with Gasteiger partial charge in [-0.1, -0.05) is 12.8 Å². The van der Waals surface area contributed by atoms with Crippen LogP contribution in [-0.4, -0.2) is 97.7 Å². The number of nitrogens with zero attached hydrogens (tertiary/aromatic N) is 4. The number of amides is 1. The Morgan fingerprint density at radius 3 is 2.35 bits per heavy atom. The van der Waals surface area contributed by atoms with Crippen LogP contribution in [0.3, 0.4) is 0 Å². The number of carbonyl (C=O) groups is 1. The number of piperazine rings is 1. The highest BCUT2D eigenvalue weighted by atomic mass is 127. The summed E-state index contributed by atoms with van der Waals surface area (Å²) in [5.74, 6) is 2.02. The van der Waals surface area contributed by atoms with Crippen LogP contribution in [0.25, 0.3) is 0 Å². The van der Waals surface area contributed by atoms with Crippen molar-refractivity contribution in [3.05, 3.63) is 0 Å². The van der Waals surface area contributed by atoms with Crippen molar-refractivity contribution in [3.63, 3.8) is 0 Å². The Morgan fingerprint density at radius 1 is 1.03 bits per heavy atom. The highest BCUT2D eigenvalue weighted by Gasteiger charge is 2.65. The molecular formula is C23H40IN5O2. The second kappa shape index (κ2) is 9.71. The van der Waals surface area contributed by atoms with Gasteiger partial charge in [0.2, 0.25) is 5.91 Å². The smallest absolute Gasteiger partial charge is 0.239 e. The first-order chi connectivity index (χ1) is 14.6. The predicted octanol–water partition coefficient (Wildman–Crippen LogP) is 2.16. The number of halogens is 1. The van der Waals surface area contributed by atoms with Crippen LogP contribution in [0.5, 0.6) is 0 Å². The number of ether oxygens (including phenoxy) is 1. The number of hydrogen-bond donors (Lipinski definition) is 1. The van der Waals surface area contributed by atoms with Crippen LogP contribution >= 0.6 is 24.0 Å². The zero-order valence-corrected chi connectivity index (χ0v) is 21.6. The topological polar surface area (TPSA) is 60.4 Å². The Hall–Kier alpha value is -0.610. The minimum absolute atomic E-state index is 0. The second-order valence-electron chi connectivity index (χ2n) is 10.1. The summed E-state index contributed by atoms with van der Waals surface area (Å²) in [5.41, 5.74) is 0.343. The number of aliphatic imine (C=N–C) groups is 1. The number of guanidine groups is 1. The SMILES string of the molecule is CN=C(NC1C2CCOC2C12CCCC2)N1CCN(C(C)C(=O)N2CCCC2)CC1.I. The van der Waals surface area contributed by atoms with Crippen LogP contribution in [0, 0.1) is 11.3 Å². The van der Waals surface area contributed by atoms with Crippen molar-refractivity contribution in [1.82, 2.24) is 20.0 Å². The van der Waals surface area contributed by atoms with Crippen molar-refractivity contribution >= 4 is 35.8 Å². The van der Waals surface area contributed by atoms with E-state index in [4.69, 9.17) is 4.74 Å². The van der Waals surface area contributed by atoms with Gasteiger partial charge >= 0.3 is 0 Å². The lowest BCUT2D eigenvalue weighted by molar-refractivity contribution is -0.135. The van der Waals surface area contributed by atoms with Crippen molar-refractivity contribution in [1.29, 1.82) is 0 Å². The molecule has 1 N–H and O–H groups in total. The lowest BCUT2D eigenvalue weighted by Gasteiger charge is -2.57. The van der Waals surface area contributed by atoms with Crippen molar-refractivity contribution in [2.75, 3.05) is 52.9 Å². The van der Waals surface area contributed by atoms with Crippen molar-refractivity contribution in [3.8, 4) is 0 Å². The highest BCUT2D eigenvalue weighted by Crippen LogP contribution is 2.60. The molecule has 0 aromatic carbocycles. The van der Waals surface area contributed by atoms with E-state index in [0.717, 1.165) is 64.7 Å². The van der Waals surface area contributed by atoms with Crippen LogP contribution in [0.2, 0.25) is 0 Å². The summed E-state index contributed by atoms with van der Waals surface area (Å²) in [4.78, 5) is 24.3. The molecule has 4 atom stereocenters. The fourth-order valence-electron chi connectivity index (χ4n) is 7.02. The second-order valence-corrected chi connectivity index (χ2v) is 10.1. The summed E-state index contributed by atoms with van der Waals surface area (Å²) < 4.78 is 6.15. The van der Waals surface area contributed by atoms with E-state index < -0.39 is 0 Å². The van der Waals surface area contributed by atoms with Crippen LogP contribution in [-0.2, 0) is 9.53 Å². The standard InChI is InChI=1S/C23H39N5O2.HI/c1-17(21(29)27-10-5-6-11-27)26-12-14-28(15-13-26)22(24-2)25-19-18-7-16-30-20(18)23(19)8-3-4-9-23;/h17-20H,3-16H2,1-2H3,(H,24,25);1H. The molecule has 3 saturated heterocycles. The minimum Gasteiger partial charge on any atom is -0.377 e. The van der Waals surface area contributed by atoms with Gasteiger partial charge in [-0.25, -0.2) is 0 Å². The van der Waals surface area contributed by atoms with Gasteiger partial charge in [-0.2, -0.15) is 0 Å². The van der Waals surface area contributed by atoms with Gasteiger partial charge in [0.25, 0.3) is 0 Å². The van der Waals surface area contributed by atoms with Crippen LogP contribution in [0.15, 0.2) is 4.99 Å². The minimum atomic E-state index is -0.00925. The van der Waals surface area contributed by atoms with E-state index in [-0.39, 0.29) is 30.0 Å². The van der Waals surface area contributed by atoms with Crippen LogP contribution < -0.4 is 5.32 Å². The van der Waals surface area contributed by atoms with E-state index in [1.54, 1.807) is 0 Å². The molecule has 0 aromatic rings. The maximum absolute atomic E-state index is 12.8. The summed E-state index contributed by atoms with van der Waals surface area (Å²) in [6, 6.07) is 0.505. The molecule has 0 radical (unpaired) electrons. The Balaban J connectivity index is 0.00000231. The molecule has 8 heteroatoms. The van der Waals surface area contributed by atoms with Crippen LogP contribution in [0.4, 0.5) is 0 Å². The molecule has 5 fully saturated rings. The lowest BCUT2D eigenvalue weighted by Crippen LogP contribution is -2.70. The Bertz CT molecular complexity index is 669. The van der Waals surface area contributed by atoms with Gasteiger partial charge in [0.15, 0.2) is 5.96 Å². The largest absolute Gasteiger partial charge is 0.377 e. The van der Waals surface area contributed by atoms with E-state index in [1.165, 1.54) is 32.1 Å². The average molecular weight is 546 g/mol. The first-order valence-electron chi connectivity index (χ1n) is 12.3.